The molecule has 18 heavy (non-hydrogen) atoms. The van der Waals surface area contributed by atoms with Gasteiger partial charge in [-0.1, -0.05) is 11.6 Å². The van der Waals surface area contributed by atoms with Crippen molar-refractivity contribution in [2.24, 2.45) is 5.84 Å². The number of hydrazine groups is 1. The van der Waals surface area contributed by atoms with Crippen molar-refractivity contribution in [2.75, 3.05) is 5.43 Å². The maximum Gasteiger partial charge on any atom is 0.224 e. The van der Waals surface area contributed by atoms with E-state index in [1.165, 1.54) is 18.2 Å². The quantitative estimate of drug-likeness (QED) is 0.661. The van der Waals surface area contributed by atoms with Gasteiger partial charge in [-0.15, -0.1) is 0 Å². The van der Waals surface area contributed by atoms with Crippen molar-refractivity contribution in [3.8, 4) is 11.6 Å². The Labute approximate surface area is 108 Å². The summed E-state index contributed by atoms with van der Waals surface area (Å²) >= 11 is 5.57. The number of hydrogen-bond donors (Lipinski definition) is 2. The summed E-state index contributed by atoms with van der Waals surface area (Å²) in [6.45, 7) is 1.69. The number of aromatic nitrogens is 2. The smallest absolute Gasteiger partial charge is 0.224 e. The average Bonchev–Trinajstić information content (AvgIpc) is 2.33. The minimum absolute atomic E-state index is 0.0329. The normalized spacial score (nSPS) is 10.2. The van der Waals surface area contributed by atoms with Crippen LogP contribution in [0, 0.1) is 12.7 Å². The molecule has 0 fully saturated rings. The SMILES string of the molecule is Cc1nc(NN)cc(Oc2ccc(Cl)c(F)c2)n1. The van der Waals surface area contributed by atoms with E-state index in [9.17, 15) is 4.39 Å². The van der Waals surface area contributed by atoms with Gasteiger partial charge in [0.1, 0.15) is 23.2 Å². The molecule has 94 valence electrons. The zero-order valence-electron chi connectivity index (χ0n) is 9.45. The van der Waals surface area contributed by atoms with Gasteiger partial charge in [0.25, 0.3) is 0 Å². The molecule has 5 nitrogen and oxygen atoms in total. The van der Waals surface area contributed by atoms with Crippen LogP contribution in [-0.4, -0.2) is 9.97 Å². The Balaban J connectivity index is 2.27. The molecule has 1 heterocycles. The van der Waals surface area contributed by atoms with E-state index in [0.29, 0.717) is 11.6 Å². The van der Waals surface area contributed by atoms with Gasteiger partial charge in [0.15, 0.2) is 0 Å². The highest BCUT2D eigenvalue weighted by Gasteiger charge is 2.06. The van der Waals surface area contributed by atoms with E-state index in [1.54, 1.807) is 13.0 Å². The van der Waals surface area contributed by atoms with Crippen LogP contribution in [0.5, 0.6) is 11.6 Å². The molecule has 7 heteroatoms. The minimum atomic E-state index is -0.558. The lowest BCUT2D eigenvalue weighted by atomic mass is 10.3. The Morgan fingerprint density at radius 1 is 1.33 bits per heavy atom. The first-order valence-corrected chi connectivity index (χ1v) is 5.41. The van der Waals surface area contributed by atoms with Crippen LogP contribution < -0.4 is 16.0 Å². The average molecular weight is 269 g/mol. The third-order valence-electron chi connectivity index (χ3n) is 2.08. The molecule has 0 saturated heterocycles. The first-order valence-electron chi connectivity index (χ1n) is 5.03. The van der Waals surface area contributed by atoms with Gasteiger partial charge >= 0.3 is 0 Å². The van der Waals surface area contributed by atoms with Gasteiger partial charge in [-0.3, -0.25) is 0 Å². The molecule has 2 rings (SSSR count). The zero-order valence-corrected chi connectivity index (χ0v) is 10.2. The third-order valence-corrected chi connectivity index (χ3v) is 2.38. The van der Waals surface area contributed by atoms with Crippen LogP contribution in [0.15, 0.2) is 24.3 Å². The molecule has 0 unspecified atom stereocenters. The minimum Gasteiger partial charge on any atom is -0.439 e. The Morgan fingerprint density at radius 2 is 2.11 bits per heavy atom. The van der Waals surface area contributed by atoms with Crippen molar-refractivity contribution in [3.63, 3.8) is 0 Å². The molecule has 0 atom stereocenters. The fourth-order valence-electron chi connectivity index (χ4n) is 1.33. The molecule has 2 aromatic rings. The summed E-state index contributed by atoms with van der Waals surface area (Å²) in [5.74, 6) is 6.14. The van der Waals surface area contributed by atoms with Gasteiger partial charge in [0.2, 0.25) is 5.88 Å². The molecule has 0 spiro atoms. The zero-order chi connectivity index (χ0) is 13.1. The second-order valence-corrected chi connectivity index (χ2v) is 3.87. The summed E-state index contributed by atoms with van der Waals surface area (Å²) < 4.78 is 18.6. The number of aryl methyl sites for hydroxylation is 1. The second-order valence-electron chi connectivity index (χ2n) is 3.46. The van der Waals surface area contributed by atoms with Crippen LogP contribution in [-0.2, 0) is 0 Å². The second kappa shape index (κ2) is 5.16. The van der Waals surface area contributed by atoms with E-state index in [1.807, 2.05) is 0 Å². The first-order chi connectivity index (χ1) is 8.58. The van der Waals surface area contributed by atoms with Crippen molar-refractivity contribution >= 4 is 17.4 Å². The lowest BCUT2D eigenvalue weighted by Gasteiger charge is -2.07. The summed E-state index contributed by atoms with van der Waals surface area (Å²) in [5, 5.41) is 0.0329. The highest BCUT2D eigenvalue weighted by Crippen LogP contribution is 2.25. The van der Waals surface area contributed by atoms with E-state index in [4.69, 9.17) is 22.2 Å². The number of hydrogen-bond acceptors (Lipinski definition) is 5. The predicted molar refractivity (Wildman–Crippen MR) is 66.1 cm³/mol. The molecule has 1 aromatic heterocycles. The lowest BCUT2D eigenvalue weighted by Crippen LogP contribution is -2.09. The monoisotopic (exact) mass is 268 g/mol. The summed E-state index contributed by atoms with van der Waals surface area (Å²) in [5.41, 5.74) is 2.39. The molecule has 0 aliphatic heterocycles. The van der Waals surface area contributed by atoms with E-state index in [0.717, 1.165) is 0 Å². The topological polar surface area (TPSA) is 73.1 Å². The highest BCUT2D eigenvalue weighted by molar-refractivity contribution is 6.30. The Bertz CT molecular complexity index is 579. The van der Waals surface area contributed by atoms with Crippen molar-refractivity contribution < 1.29 is 9.13 Å². The predicted octanol–water partition coefficient (Wildman–Crippen LogP) is 2.66. The fourth-order valence-corrected chi connectivity index (χ4v) is 1.45. The molecule has 1 aromatic carbocycles. The molecule has 0 saturated carbocycles. The highest BCUT2D eigenvalue weighted by atomic mass is 35.5. The number of nitrogens with one attached hydrogen (secondary N) is 1. The fraction of sp³-hybridized carbons (Fsp3) is 0.0909. The summed E-state index contributed by atoms with van der Waals surface area (Å²) in [7, 11) is 0. The van der Waals surface area contributed by atoms with Gasteiger partial charge < -0.3 is 10.2 Å². The number of nitrogens with two attached hydrogens (primary N) is 1. The molecule has 0 aliphatic carbocycles. The molecule has 0 radical (unpaired) electrons. The Morgan fingerprint density at radius 3 is 2.78 bits per heavy atom. The van der Waals surface area contributed by atoms with Gasteiger partial charge in [0, 0.05) is 12.1 Å². The van der Waals surface area contributed by atoms with Gasteiger partial charge in [-0.05, 0) is 19.1 Å². The maximum absolute atomic E-state index is 13.2. The van der Waals surface area contributed by atoms with E-state index in [-0.39, 0.29) is 16.7 Å². The van der Waals surface area contributed by atoms with Crippen LogP contribution in [0.3, 0.4) is 0 Å². The Hall–Kier alpha value is -1.92. The van der Waals surface area contributed by atoms with Crippen LogP contribution in [0.1, 0.15) is 5.82 Å². The number of halogens is 2. The third kappa shape index (κ3) is 2.85. The number of benzene rings is 1. The molecular formula is C11H10ClFN4O. The molecule has 0 amide bonds. The number of anilines is 1. The van der Waals surface area contributed by atoms with E-state index < -0.39 is 5.82 Å². The van der Waals surface area contributed by atoms with Gasteiger partial charge in [-0.25, -0.2) is 15.2 Å². The van der Waals surface area contributed by atoms with Crippen molar-refractivity contribution in [1.82, 2.24) is 9.97 Å². The number of nitrogens with zero attached hydrogens (tertiary/aromatic N) is 2. The standard InChI is InChI=1S/C11H10ClFN4O/c1-6-15-10(17-14)5-11(16-6)18-7-2-3-8(12)9(13)4-7/h2-5H,14H2,1H3,(H,15,16,17). The molecule has 0 aliphatic rings. The largest absolute Gasteiger partial charge is 0.439 e. The van der Waals surface area contributed by atoms with Gasteiger partial charge in [-0.2, -0.15) is 4.98 Å². The van der Waals surface area contributed by atoms with Crippen molar-refractivity contribution in [3.05, 3.63) is 40.9 Å². The molecule has 0 bridgehead atoms. The van der Waals surface area contributed by atoms with Crippen LogP contribution >= 0.6 is 11.6 Å². The molecule has 3 N–H and O–H groups in total. The van der Waals surface area contributed by atoms with Crippen molar-refractivity contribution in [1.29, 1.82) is 0 Å². The molecular weight excluding hydrogens is 259 g/mol. The summed E-state index contributed by atoms with van der Waals surface area (Å²) in [4.78, 5) is 8.05. The van der Waals surface area contributed by atoms with Crippen molar-refractivity contribution in [2.45, 2.75) is 6.92 Å². The number of rotatable bonds is 3. The van der Waals surface area contributed by atoms with E-state index >= 15 is 0 Å². The van der Waals surface area contributed by atoms with Crippen LogP contribution in [0.4, 0.5) is 10.2 Å². The van der Waals surface area contributed by atoms with Crippen LogP contribution in [0.2, 0.25) is 5.02 Å². The van der Waals surface area contributed by atoms with Gasteiger partial charge in [0.05, 0.1) is 5.02 Å². The maximum atomic E-state index is 13.2. The summed E-state index contributed by atoms with van der Waals surface area (Å²) in [6, 6.07) is 5.62. The first kappa shape index (κ1) is 12.5. The number of ether oxygens (including phenoxy) is 1. The lowest BCUT2D eigenvalue weighted by molar-refractivity contribution is 0.455. The Kier molecular flexibility index (Phi) is 3.59. The van der Waals surface area contributed by atoms with E-state index in [2.05, 4.69) is 15.4 Å². The number of nitrogen functional groups attached to an aromatic ring is 1. The van der Waals surface area contributed by atoms with Crippen LogP contribution in [0.25, 0.3) is 0 Å². The summed E-state index contributed by atoms with van der Waals surface area (Å²) in [6.07, 6.45) is 0.